The number of methoxy groups -OCH3 is 1. The Morgan fingerprint density at radius 2 is 1.97 bits per heavy atom. The molecule has 0 atom stereocenters. The number of carbonyl (C=O) groups is 1. The highest BCUT2D eigenvalue weighted by atomic mass is 35.5. The summed E-state index contributed by atoms with van der Waals surface area (Å²) >= 11 is 12.7. The fourth-order valence-electron chi connectivity index (χ4n) is 4.48. The number of hydrogen-bond acceptors (Lipinski definition) is 3. The molecule has 2 aromatic carbocycles. The fourth-order valence-corrected chi connectivity index (χ4v) is 5.06. The van der Waals surface area contributed by atoms with Gasteiger partial charge < -0.3 is 19.9 Å². The molecule has 8 heteroatoms. The summed E-state index contributed by atoms with van der Waals surface area (Å²) in [6.45, 7) is 2.55. The second kappa shape index (κ2) is 9.79. The van der Waals surface area contributed by atoms with Gasteiger partial charge in [-0.1, -0.05) is 35.3 Å². The van der Waals surface area contributed by atoms with E-state index in [2.05, 4.69) is 0 Å². The zero-order valence-corrected chi connectivity index (χ0v) is 19.4. The second-order valence-electron chi connectivity index (χ2n) is 8.14. The number of ether oxygens (including phenoxy) is 1. The largest absolute Gasteiger partial charge is 0.383 e. The van der Waals surface area contributed by atoms with Crippen molar-refractivity contribution in [1.29, 1.82) is 0 Å². The van der Waals surface area contributed by atoms with Gasteiger partial charge >= 0.3 is 0 Å². The third-order valence-electron chi connectivity index (χ3n) is 6.18. The fraction of sp³-hybridized carbons (Fsp3) is 0.375. The number of nitrogens with two attached hydrogens (primary N) is 1. The lowest BCUT2D eigenvalue weighted by molar-refractivity contribution is 0.0714. The Morgan fingerprint density at radius 3 is 2.66 bits per heavy atom. The number of rotatable bonds is 6. The summed E-state index contributed by atoms with van der Waals surface area (Å²) in [6.07, 6.45) is 3.21. The van der Waals surface area contributed by atoms with Crippen LogP contribution < -0.4 is 5.73 Å². The number of fused-ring (bicyclic) bond motifs is 1. The van der Waals surface area contributed by atoms with E-state index in [0.29, 0.717) is 72.2 Å². The van der Waals surface area contributed by atoms with Crippen LogP contribution >= 0.6 is 23.2 Å². The summed E-state index contributed by atoms with van der Waals surface area (Å²) in [7, 11) is 1.63. The zero-order chi connectivity index (χ0) is 22.8. The van der Waals surface area contributed by atoms with Crippen LogP contribution in [0.4, 0.5) is 4.39 Å². The molecule has 1 amide bonds. The van der Waals surface area contributed by atoms with Gasteiger partial charge in [-0.3, -0.25) is 4.79 Å². The lowest BCUT2D eigenvalue weighted by Gasteiger charge is -2.32. The standard InChI is InChI=1S/C24H26Cl2FN3O2/c1-32-9-8-30-14-19(23-20(26)11-17(25)12-22(23)30)24(31)29-6-4-16(5-7-29)18-10-15(13-28)2-3-21(18)27/h2-3,10-12,14,16H,4-9,13,28H2,1H3. The van der Waals surface area contributed by atoms with E-state index in [1.165, 1.54) is 6.07 Å². The summed E-state index contributed by atoms with van der Waals surface area (Å²) < 4.78 is 21.6. The monoisotopic (exact) mass is 477 g/mol. The normalized spacial score (nSPS) is 15.0. The van der Waals surface area contributed by atoms with Crippen LogP contribution in [0.5, 0.6) is 0 Å². The number of benzene rings is 2. The molecule has 5 nitrogen and oxygen atoms in total. The number of likely N-dealkylation sites (tertiary alicyclic amines) is 1. The van der Waals surface area contributed by atoms with Crippen LogP contribution in [0.15, 0.2) is 36.5 Å². The molecule has 1 fully saturated rings. The van der Waals surface area contributed by atoms with Crippen LogP contribution in [0.1, 0.15) is 40.2 Å². The molecule has 1 saturated heterocycles. The molecule has 1 aliphatic heterocycles. The molecular formula is C24H26Cl2FN3O2. The quantitative estimate of drug-likeness (QED) is 0.529. The Hall–Kier alpha value is -2.12. The molecule has 2 heterocycles. The van der Waals surface area contributed by atoms with E-state index in [9.17, 15) is 9.18 Å². The predicted octanol–water partition coefficient (Wildman–Crippen LogP) is 5.21. The molecule has 0 unspecified atom stereocenters. The van der Waals surface area contributed by atoms with Gasteiger partial charge in [-0.2, -0.15) is 0 Å². The van der Waals surface area contributed by atoms with Crippen molar-refractivity contribution in [3.05, 3.63) is 69.1 Å². The Balaban J connectivity index is 1.57. The van der Waals surface area contributed by atoms with Gasteiger partial charge in [0.2, 0.25) is 0 Å². The van der Waals surface area contributed by atoms with Gasteiger partial charge in [0.1, 0.15) is 5.82 Å². The molecular weight excluding hydrogens is 452 g/mol. The van der Waals surface area contributed by atoms with Crippen molar-refractivity contribution in [2.45, 2.75) is 31.8 Å². The minimum atomic E-state index is -0.211. The van der Waals surface area contributed by atoms with Crippen molar-refractivity contribution in [2.75, 3.05) is 26.8 Å². The molecule has 2 N–H and O–H groups in total. The topological polar surface area (TPSA) is 60.5 Å². The molecule has 0 saturated carbocycles. The Kier molecular flexibility index (Phi) is 7.05. The lowest BCUT2D eigenvalue weighted by Crippen LogP contribution is -2.38. The van der Waals surface area contributed by atoms with E-state index in [1.807, 2.05) is 27.8 Å². The first-order valence-corrected chi connectivity index (χ1v) is 11.4. The van der Waals surface area contributed by atoms with Gasteiger partial charge in [0.05, 0.1) is 22.7 Å². The van der Waals surface area contributed by atoms with E-state index in [4.69, 9.17) is 33.7 Å². The number of halogens is 3. The number of nitrogens with zero attached hydrogens (tertiary/aromatic N) is 2. The molecule has 0 aliphatic carbocycles. The molecule has 170 valence electrons. The van der Waals surface area contributed by atoms with Crippen LogP contribution in [0.3, 0.4) is 0 Å². The van der Waals surface area contributed by atoms with E-state index in [-0.39, 0.29) is 17.6 Å². The van der Waals surface area contributed by atoms with Crippen molar-refractivity contribution in [3.8, 4) is 0 Å². The van der Waals surface area contributed by atoms with Crippen LogP contribution in [-0.2, 0) is 17.8 Å². The third kappa shape index (κ3) is 4.50. The first-order valence-electron chi connectivity index (χ1n) is 10.7. The van der Waals surface area contributed by atoms with Crippen molar-refractivity contribution >= 4 is 40.0 Å². The molecule has 0 bridgehead atoms. The first-order chi connectivity index (χ1) is 15.4. The Morgan fingerprint density at radius 1 is 1.22 bits per heavy atom. The summed E-state index contributed by atoms with van der Waals surface area (Å²) in [5.74, 6) is -0.224. The van der Waals surface area contributed by atoms with Gasteiger partial charge in [-0.05, 0) is 48.1 Å². The molecule has 0 radical (unpaired) electrons. The van der Waals surface area contributed by atoms with E-state index >= 15 is 0 Å². The number of carbonyl (C=O) groups excluding carboxylic acids is 1. The number of aromatic nitrogens is 1. The maximum Gasteiger partial charge on any atom is 0.256 e. The van der Waals surface area contributed by atoms with Crippen molar-refractivity contribution in [1.82, 2.24) is 9.47 Å². The predicted molar refractivity (Wildman–Crippen MR) is 126 cm³/mol. The number of amides is 1. The summed E-state index contributed by atoms with van der Waals surface area (Å²) in [5, 5.41) is 1.66. The second-order valence-corrected chi connectivity index (χ2v) is 8.98. The highest BCUT2D eigenvalue weighted by Crippen LogP contribution is 2.35. The minimum Gasteiger partial charge on any atom is -0.383 e. The molecule has 1 aromatic heterocycles. The summed E-state index contributed by atoms with van der Waals surface area (Å²) in [4.78, 5) is 15.3. The van der Waals surface area contributed by atoms with Crippen LogP contribution in [0.25, 0.3) is 10.9 Å². The molecule has 4 rings (SSSR count). The van der Waals surface area contributed by atoms with E-state index < -0.39 is 0 Å². The highest BCUT2D eigenvalue weighted by Gasteiger charge is 2.28. The first kappa shape index (κ1) is 23.1. The van der Waals surface area contributed by atoms with Crippen LogP contribution in [0, 0.1) is 5.82 Å². The maximum atomic E-state index is 14.4. The SMILES string of the molecule is COCCn1cc(C(=O)N2CCC(c3cc(CN)ccc3F)CC2)c2c(Cl)cc(Cl)cc21. The van der Waals surface area contributed by atoms with Gasteiger partial charge in [-0.15, -0.1) is 0 Å². The molecule has 3 aromatic rings. The molecule has 0 spiro atoms. The lowest BCUT2D eigenvalue weighted by atomic mass is 9.88. The Bertz CT molecular complexity index is 1140. The highest BCUT2D eigenvalue weighted by molar-refractivity contribution is 6.39. The van der Waals surface area contributed by atoms with Crippen molar-refractivity contribution in [2.24, 2.45) is 5.73 Å². The van der Waals surface area contributed by atoms with E-state index in [1.54, 1.807) is 19.2 Å². The molecule has 1 aliphatic rings. The van der Waals surface area contributed by atoms with Crippen molar-refractivity contribution < 1.29 is 13.9 Å². The summed E-state index contributed by atoms with van der Waals surface area (Å²) in [6, 6.07) is 8.52. The van der Waals surface area contributed by atoms with Gasteiger partial charge in [-0.25, -0.2) is 4.39 Å². The van der Waals surface area contributed by atoms with Gasteiger partial charge in [0.15, 0.2) is 0 Å². The number of piperidine rings is 1. The number of hydrogen-bond donors (Lipinski definition) is 1. The van der Waals surface area contributed by atoms with E-state index in [0.717, 1.165) is 11.1 Å². The smallest absolute Gasteiger partial charge is 0.256 e. The van der Waals surface area contributed by atoms with Crippen LogP contribution in [0.2, 0.25) is 10.0 Å². The minimum absolute atomic E-state index is 0.0657. The van der Waals surface area contributed by atoms with Crippen LogP contribution in [-0.4, -0.2) is 42.2 Å². The third-order valence-corrected chi connectivity index (χ3v) is 6.70. The van der Waals surface area contributed by atoms with Gasteiger partial charge in [0.25, 0.3) is 5.91 Å². The summed E-state index contributed by atoms with van der Waals surface area (Å²) in [5.41, 5.74) is 8.68. The Labute approximate surface area is 196 Å². The zero-order valence-electron chi connectivity index (χ0n) is 17.9. The average molecular weight is 478 g/mol. The average Bonchev–Trinajstić information content (AvgIpc) is 3.16. The van der Waals surface area contributed by atoms with Gasteiger partial charge in [0, 0.05) is 49.9 Å². The molecule has 32 heavy (non-hydrogen) atoms. The maximum absolute atomic E-state index is 14.4. The van der Waals surface area contributed by atoms with Crippen molar-refractivity contribution in [3.63, 3.8) is 0 Å².